The predicted octanol–water partition coefficient (Wildman–Crippen LogP) is 4.10. The second kappa shape index (κ2) is 11.5. The van der Waals surface area contributed by atoms with Crippen molar-refractivity contribution in [2.24, 2.45) is 10.4 Å². The summed E-state index contributed by atoms with van der Waals surface area (Å²) >= 11 is 0. The van der Waals surface area contributed by atoms with E-state index >= 15 is 0 Å². The highest BCUT2D eigenvalue weighted by molar-refractivity contribution is 6.07. The molecule has 1 aromatic carbocycles. The quantitative estimate of drug-likeness (QED) is 0.462. The van der Waals surface area contributed by atoms with E-state index < -0.39 is 17.7 Å². The van der Waals surface area contributed by atoms with Gasteiger partial charge in [-0.15, -0.1) is 0 Å². The summed E-state index contributed by atoms with van der Waals surface area (Å²) in [6, 6.07) is 10.7. The number of carbonyl (C=O) groups excluding carboxylic acids is 2. The van der Waals surface area contributed by atoms with E-state index in [1.165, 1.54) is 0 Å². The number of amidine groups is 1. The molecule has 2 aliphatic rings. The molecule has 1 saturated heterocycles. The van der Waals surface area contributed by atoms with Crippen molar-refractivity contribution in [3.8, 4) is 6.07 Å². The second-order valence-electron chi connectivity index (χ2n) is 10.4. The molecule has 2 amide bonds. The Morgan fingerprint density at radius 1 is 1.24 bits per heavy atom. The van der Waals surface area contributed by atoms with E-state index in [9.17, 15) is 14.9 Å². The first kappa shape index (κ1) is 25.7. The van der Waals surface area contributed by atoms with Crippen LogP contribution in [-0.2, 0) is 14.3 Å². The molecule has 184 valence electrons. The summed E-state index contributed by atoms with van der Waals surface area (Å²) in [7, 11) is 0. The summed E-state index contributed by atoms with van der Waals surface area (Å²) in [4.78, 5) is 30.7. The number of carbonyl (C=O) groups is 2. The van der Waals surface area contributed by atoms with Crippen LogP contribution in [0.2, 0.25) is 0 Å². The first-order valence-electron chi connectivity index (χ1n) is 12.1. The van der Waals surface area contributed by atoms with Crippen LogP contribution in [0.1, 0.15) is 71.3 Å². The number of hydrogen-bond donors (Lipinski definition) is 2. The molecule has 8 nitrogen and oxygen atoms in total. The molecule has 1 aliphatic heterocycles. The normalized spacial score (nSPS) is 20.9. The Hall–Kier alpha value is -2.92. The molecule has 3 rings (SSSR count). The molecule has 0 aromatic heterocycles. The lowest BCUT2D eigenvalue weighted by molar-refractivity contribution is -0.124. The molecule has 1 saturated carbocycles. The Kier molecular flexibility index (Phi) is 8.67. The fourth-order valence-electron chi connectivity index (χ4n) is 4.35. The fourth-order valence-corrected chi connectivity index (χ4v) is 4.35. The zero-order valence-electron chi connectivity index (χ0n) is 20.4. The van der Waals surface area contributed by atoms with Crippen LogP contribution in [-0.4, -0.2) is 48.7 Å². The number of alkyl carbamates (subject to hydrolysis) is 1. The lowest BCUT2D eigenvalue weighted by atomic mass is 9.87. The SMILES string of the molecule is CC(C)(C)CC(N=C(NC(=O)OCC1CCCO1)c1ccccc1)C(=O)NC1(C#N)CCCC1. The maximum absolute atomic E-state index is 13.4. The average molecular weight is 469 g/mol. The number of rotatable bonds is 7. The second-order valence-corrected chi connectivity index (χ2v) is 10.4. The molecule has 2 unspecified atom stereocenters. The third kappa shape index (κ3) is 7.56. The summed E-state index contributed by atoms with van der Waals surface area (Å²) in [6.45, 7) is 6.95. The topological polar surface area (TPSA) is 113 Å². The standard InChI is InChI=1S/C26H36N4O4/c1-25(2,3)16-21(23(31)30-26(18-27)13-7-8-14-26)28-22(19-10-5-4-6-11-19)29-24(32)34-17-20-12-9-15-33-20/h4-6,10-11,20-21H,7-9,12-17H2,1-3H3,(H,30,31)(H,28,29,32). The minimum Gasteiger partial charge on any atom is -0.447 e. The molecule has 2 atom stereocenters. The Morgan fingerprint density at radius 2 is 1.94 bits per heavy atom. The van der Waals surface area contributed by atoms with Crippen LogP contribution >= 0.6 is 0 Å². The van der Waals surface area contributed by atoms with E-state index in [0.29, 0.717) is 31.4 Å². The molecule has 2 N–H and O–H groups in total. The monoisotopic (exact) mass is 468 g/mol. The molecule has 34 heavy (non-hydrogen) atoms. The number of amides is 2. The van der Waals surface area contributed by atoms with Crippen molar-refractivity contribution in [1.29, 1.82) is 5.26 Å². The smallest absolute Gasteiger partial charge is 0.412 e. The Labute approximate surface area is 202 Å². The zero-order valence-corrected chi connectivity index (χ0v) is 20.4. The lowest BCUT2D eigenvalue weighted by Crippen LogP contribution is -2.50. The molecule has 0 spiro atoms. The van der Waals surface area contributed by atoms with Gasteiger partial charge in [-0.1, -0.05) is 51.1 Å². The fraction of sp³-hybridized carbons (Fsp3) is 0.615. The molecule has 1 aromatic rings. The highest BCUT2D eigenvalue weighted by Gasteiger charge is 2.38. The van der Waals surface area contributed by atoms with E-state index in [4.69, 9.17) is 14.5 Å². The van der Waals surface area contributed by atoms with Crippen molar-refractivity contribution < 1.29 is 19.1 Å². The van der Waals surface area contributed by atoms with Gasteiger partial charge in [0.05, 0.1) is 12.2 Å². The van der Waals surface area contributed by atoms with E-state index in [1.807, 2.05) is 51.1 Å². The summed E-state index contributed by atoms with van der Waals surface area (Å²) in [6.07, 6.45) is 4.64. The van der Waals surface area contributed by atoms with Gasteiger partial charge in [-0.2, -0.15) is 5.26 Å². The molecule has 0 radical (unpaired) electrons. The van der Waals surface area contributed by atoms with E-state index in [2.05, 4.69) is 16.7 Å². The van der Waals surface area contributed by atoms with Gasteiger partial charge in [0, 0.05) is 12.2 Å². The first-order valence-corrected chi connectivity index (χ1v) is 12.1. The van der Waals surface area contributed by atoms with Gasteiger partial charge >= 0.3 is 6.09 Å². The van der Waals surface area contributed by atoms with Crippen LogP contribution < -0.4 is 10.6 Å². The van der Waals surface area contributed by atoms with E-state index in [1.54, 1.807) is 0 Å². The van der Waals surface area contributed by atoms with Gasteiger partial charge in [-0.3, -0.25) is 15.1 Å². The van der Waals surface area contributed by atoms with Crippen LogP contribution in [0.15, 0.2) is 35.3 Å². The highest BCUT2D eigenvalue weighted by Crippen LogP contribution is 2.30. The molecule has 1 heterocycles. The third-order valence-corrected chi connectivity index (χ3v) is 6.12. The Bertz CT molecular complexity index is 905. The van der Waals surface area contributed by atoms with Gasteiger partial charge in [0.15, 0.2) is 0 Å². The van der Waals surface area contributed by atoms with Gasteiger partial charge in [-0.25, -0.2) is 4.79 Å². The van der Waals surface area contributed by atoms with Crippen molar-refractivity contribution in [2.75, 3.05) is 13.2 Å². The molecule has 0 bridgehead atoms. The van der Waals surface area contributed by atoms with Crippen molar-refractivity contribution >= 4 is 17.8 Å². The van der Waals surface area contributed by atoms with Crippen molar-refractivity contribution in [2.45, 2.75) is 83.4 Å². The van der Waals surface area contributed by atoms with E-state index in [-0.39, 0.29) is 29.9 Å². The summed E-state index contributed by atoms with van der Waals surface area (Å²) < 4.78 is 10.9. The van der Waals surface area contributed by atoms with Crippen LogP contribution in [0.3, 0.4) is 0 Å². The molecular formula is C26H36N4O4. The number of nitrogens with zero attached hydrogens (tertiary/aromatic N) is 2. The predicted molar refractivity (Wildman–Crippen MR) is 129 cm³/mol. The van der Waals surface area contributed by atoms with Gasteiger partial charge in [0.2, 0.25) is 5.91 Å². The van der Waals surface area contributed by atoms with Crippen LogP contribution in [0.5, 0.6) is 0 Å². The molecule has 1 aliphatic carbocycles. The number of nitrogens with one attached hydrogen (secondary N) is 2. The number of benzene rings is 1. The summed E-state index contributed by atoms with van der Waals surface area (Å²) in [5.74, 6) is -0.0406. The van der Waals surface area contributed by atoms with Crippen molar-refractivity contribution in [3.63, 3.8) is 0 Å². The zero-order chi connectivity index (χ0) is 24.6. The Balaban J connectivity index is 1.82. The first-order chi connectivity index (χ1) is 16.2. The summed E-state index contributed by atoms with van der Waals surface area (Å²) in [5, 5.41) is 15.4. The van der Waals surface area contributed by atoms with Gasteiger partial charge in [-0.05, 0) is 50.4 Å². The lowest BCUT2D eigenvalue weighted by Gasteiger charge is -2.28. The molecule has 2 fully saturated rings. The largest absolute Gasteiger partial charge is 0.447 e. The number of ether oxygens (including phenoxy) is 2. The van der Waals surface area contributed by atoms with Gasteiger partial charge in [0.25, 0.3) is 0 Å². The number of aliphatic imine (C=N–C) groups is 1. The van der Waals surface area contributed by atoms with Crippen molar-refractivity contribution in [1.82, 2.24) is 10.6 Å². The highest BCUT2D eigenvalue weighted by atomic mass is 16.6. The van der Waals surface area contributed by atoms with Crippen molar-refractivity contribution in [3.05, 3.63) is 35.9 Å². The third-order valence-electron chi connectivity index (χ3n) is 6.12. The van der Waals surface area contributed by atoms with Gasteiger partial charge in [0.1, 0.15) is 24.0 Å². The average Bonchev–Trinajstić information content (AvgIpc) is 3.49. The Morgan fingerprint density at radius 3 is 2.53 bits per heavy atom. The maximum atomic E-state index is 13.4. The number of nitriles is 1. The van der Waals surface area contributed by atoms with Crippen LogP contribution in [0.4, 0.5) is 4.79 Å². The molecule has 8 heteroatoms. The van der Waals surface area contributed by atoms with E-state index in [0.717, 1.165) is 25.7 Å². The number of hydrogen-bond acceptors (Lipinski definition) is 6. The minimum absolute atomic E-state index is 0.0872. The molecular weight excluding hydrogens is 432 g/mol. The van der Waals surface area contributed by atoms with Crippen LogP contribution in [0.25, 0.3) is 0 Å². The van der Waals surface area contributed by atoms with Gasteiger partial charge < -0.3 is 14.8 Å². The van der Waals surface area contributed by atoms with Crippen LogP contribution in [0, 0.1) is 16.7 Å². The minimum atomic E-state index is -0.844. The maximum Gasteiger partial charge on any atom is 0.412 e. The summed E-state index contributed by atoms with van der Waals surface area (Å²) in [5.41, 5.74) is -0.383.